The van der Waals surface area contributed by atoms with E-state index < -0.39 is 0 Å². The van der Waals surface area contributed by atoms with Crippen molar-refractivity contribution in [2.75, 3.05) is 11.9 Å². The molecule has 0 amide bonds. The normalized spacial score (nSPS) is 11.4. The summed E-state index contributed by atoms with van der Waals surface area (Å²) in [6.07, 6.45) is 3.06. The zero-order chi connectivity index (χ0) is 10.6. The summed E-state index contributed by atoms with van der Waals surface area (Å²) in [6.45, 7) is 9.75. The Kier molecular flexibility index (Phi) is 3.50. The van der Waals surface area contributed by atoms with Gasteiger partial charge in [0.25, 0.3) is 0 Å². The SMILES string of the molecule is CCC(C)(C)CNc1ccc(C)cn1. The summed E-state index contributed by atoms with van der Waals surface area (Å²) in [5, 5.41) is 3.35. The van der Waals surface area contributed by atoms with Gasteiger partial charge in [0, 0.05) is 12.7 Å². The lowest BCUT2D eigenvalue weighted by atomic mass is 9.90. The first-order chi connectivity index (χ1) is 6.53. The Balaban J connectivity index is 2.50. The molecule has 1 aromatic heterocycles. The van der Waals surface area contributed by atoms with E-state index in [0.29, 0.717) is 5.41 Å². The maximum absolute atomic E-state index is 4.30. The molecule has 0 aliphatic rings. The molecule has 2 heteroatoms. The Bertz CT molecular complexity index is 275. The molecule has 1 N–H and O–H groups in total. The summed E-state index contributed by atoms with van der Waals surface area (Å²) >= 11 is 0. The monoisotopic (exact) mass is 192 g/mol. The second kappa shape index (κ2) is 4.45. The molecule has 0 aliphatic heterocycles. The number of pyridine rings is 1. The molecule has 1 aromatic rings. The van der Waals surface area contributed by atoms with Gasteiger partial charge in [-0.3, -0.25) is 0 Å². The van der Waals surface area contributed by atoms with Crippen molar-refractivity contribution in [1.82, 2.24) is 4.98 Å². The zero-order valence-electron chi connectivity index (χ0n) is 9.59. The summed E-state index contributed by atoms with van der Waals surface area (Å²) in [5.74, 6) is 0.970. The summed E-state index contributed by atoms with van der Waals surface area (Å²) < 4.78 is 0. The molecule has 1 heterocycles. The number of aromatic nitrogens is 1. The van der Waals surface area contributed by atoms with E-state index in [4.69, 9.17) is 0 Å². The maximum Gasteiger partial charge on any atom is 0.125 e. The van der Waals surface area contributed by atoms with Gasteiger partial charge >= 0.3 is 0 Å². The summed E-state index contributed by atoms with van der Waals surface area (Å²) in [7, 11) is 0. The van der Waals surface area contributed by atoms with Crippen molar-refractivity contribution in [2.24, 2.45) is 5.41 Å². The van der Waals surface area contributed by atoms with E-state index >= 15 is 0 Å². The molecule has 0 unspecified atom stereocenters. The van der Waals surface area contributed by atoms with Crippen LogP contribution < -0.4 is 5.32 Å². The Morgan fingerprint density at radius 2 is 2.07 bits per heavy atom. The van der Waals surface area contributed by atoms with Crippen molar-refractivity contribution in [2.45, 2.75) is 34.1 Å². The van der Waals surface area contributed by atoms with Gasteiger partial charge in [0.15, 0.2) is 0 Å². The lowest BCUT2D eigenvalue weighted by Gasteiger charge is -2.23. The van der Waals surface area contributed by atoms with Crippen LogP contribution in [0.2, 0.25) is 0 Å². The molecular weight excluding hydrogens is 172 g/mol. The Labute approximate surface area is 86.8 Å². The first kappa shape index (κ1) is 11.0. The van der Waals surface area contributed by atoms with Gasteiger partial charge in [-0.15, -0.1) is 0 Å². The number of rotatable bonds is 4. The number of nitrogens with zero attached hydrogens (tertiary/aromatic N) is 1. The highest BCUT2D eigenvalue weighted by atomic mass is 15.0. The van der Waals surface area contributed by atoms with Crippen LogP contribution in [0.4, 0.5) is 5.82 Å². The van der Waals surface area contributed by atoms with Crippen LogP contribution in [-0.4, -0.2) is 11.5 Å². The van der Waals surface area contributed by atoms with Gasteiger partial charge in [-0.05, 0) is 30.4 Å². The fourth-order valence-corrected chi connectivity index (χ4v) is 1.03. The summed E-state index contributed by atoms with van der Waals surface area (Å²) in [4.78, 5) is 4.30. The number of nitrogens with one attached hydrogen (secondary N) is 1. The van der Waals surface area contributed by atoms with E-state index in [1.54, 1.807) is 0 Å². The maximum atomic E-state index is 4.30. The molecule has 0 bridgehead atoms. The van der Waals surface area contributed by atoms with Crippen LogP contribution in [0.15, 0.2) is 18.3 Å². The zero-order valence-corrected chi connectivity index (χ0v) is 9.59. The average Bonchev–Trinajstić information content (AvgIpc) is 2.17. The van der Waals surface area contributed by atoms with Crippen LogP contribution in [0, 0.1) is 12.3 Å². The van der Waals surface area contributed by atoms with Gasteiger partial charge in [0.05, 0.1) is 0 Å². The Hall–Kier alpha value is -1.05. The number of hydrogen-bond acceptors (Lipinski definition) is 2. The van der Waals surface area contributed by atoms with E-state index in [2.05, 4.69) is 37.1 Å². The van der Waals surface area contributed by atoms with Crippen LogP contribution in [0.25, 0.3) is 0 Å². The third kappa shape index (κ3) is 3.36. The van der Waals surface area contributed by atoms with E-state index in [9.17, 15) is 0 Å². The molecule has 0 radical (unpaired) electrons. The van der Waals surface area contributed by atoms with Gasteiger partial charge < -0.3 is 5.32 Å². The predicted molar refractivity (Wildman–Crippen MR) is 61.5 cm³/mol. The lowest BCUT2D eigenvalue weighted by molar-refractivity contribution is 0.376. The van der Waals surface area contributed by atoms with E-state index in [1.807, 2.05) is 19.2 Å². The molecular formula is C12H20N2. The fraction of sp³-hybridized carbons (Fsp3) is 0.583. The highest BCUT2D eigenvalue weighted by molar-refractivity contribution is 5.35. The number of anilines is 1. The van der Waals surface area contributed by atoms with Gasteiger partial charge in [-0.1, -0.05) is 26.8 Å². The second-order valence-electron chi connectivity index (χ2n) is 4.59. The summed E-state index contributed by atoms with van der Waals surface area (Å²) in [6, 6.07) is 4.11. The third-order valence-corrected chi connectivity index (χ3v) is 2.62. The van der Waals surface area contributed by atoms with Crippen LogP contribution in [0.5, 0.6) is 0 Å². The molecule has 14 heavy (non-hydrogen) atoms. The van der Waals surface area contributed by atoms with Crippen molar-refractivity contribution >= 4 is 5.82 Å². The topological polar surface area (TPSA) is 24.9 Å². The molecule has 0 aromatic carbocycles. The molecule has 0 spiro atoms. The highest BCUT2D eigenvalue weighted by Gasteiger charge is 2.14. The first-order valence-corrected chi connectivity index (χ1v) is 5.20. The van der Waals surface area contributed by atoms with Crippen LogP contribution in [-0.2, 0) is 0 Å². The average molecular weight is 192 g/mol. The predicted octanol–water partition coefficient (Wildman–Crippen LogP) is 3.24. The highest BCUT2D eigenvalue weighted by Crippen LogP contribution is 2.19. The first-order valence-electron chi connectivity index (χ1n) is 5.20. The molecule has 0 fully saturated rings. The standard InChI is InChI=1S/C12H20N2/c1-5-12(3,4)9-14-11-7-6-10(2)8-13-11/h6-8H,5,9H2,1-4H3,(H,13,14). The van der Waals surface area contributed by atoms with Crippen molar-refractivity contribution in [1.29, 1.82) is 0 Å². The molecule has 2 nitrogen and oxygen atoms in total. The van der Waals surface area contributed by atoms with Crippen LogP contribution >= 0.6 is 0 Å². The molecule has 0 saturated carbocycles. The molecule has 1 rings (SSSR count). The number of aryl methyl sites for hydroxylation is 1. The number of hydrogen-bond donors (Lipinski definition) is 1. The minimum absolute atomic E-state index is 0.340. The molecule has 0 aliphatic carbocycles. The summed E-state index contributed by atoms with van der Waals surface area (Å²) in [5.41, 5.74) is 1.54. The van der Waals surface area contributed by atoms with Gasteiger partial charge in [0.2, 0.25) is 0 Å². The van der Waals surface area contributed by atoms with Crippen molar-refractivity contribution in [3.8, 4) is 0 Å². The van der Waals surface area contributed by atoms with Gasteiger partial charge in [-0.25, -0.2) is 4.98 Å². The third-order valence-electron chi connectivity index (χ3n) is 2.62. The fourth-order valence-electron chi connectivity index (χ4n) is 1.03. The van der Waals surface area contributed by atoms with Crippen molar-refractivity contribution in [3.63, 3.8) is 0 Å². The lowest BCUT2D eigenvalue weighted by Crippen LogP contribution is -2.22. The molecule has 0 saturated heterocycles. The smallest absolute Gasteiger partial charge is 0.125 e. The Morgan fingerprint density at radius 3 is 2.57 bits per heavy atom. The van der Waals surface area contributed by atoms with Gasteiger partial charge in [0.1, 0.15) is 5.82 Å². The quantitative estimate of drug-likeness (QED) is 0.792. The largest absolute Gasteiger partial charge is 0.370 e. The van der Waals surface area contributed by atoms with E-state index in [0.717, 1.165) is 12.4 Å². The van der Waals surface area contributed by atoms with E-state index in [-0.39, 0.29) is 0 Å². The van der Waals surface area contributed by atoms with Crippen molar-refractivity contribution < 1.29 is 0 Å². The Morgan fingerprint density at radius 1 is 1.36 bits per heavy atom. The molecule has 78 valence electrons. The van der Waals surface area contributed by atoms with Crippen LogP contribution in [0.1, 0.15) is 32.8 Å². The van der Waals surface area contributed by atoms with Gasteiger partial charge in [-0.2, -0.15) is 0 Å². The molecule has 0 atom stereocenters. The minimum atomic E-state index is 0.340. The van der Waals surface area contributed by atoms with Crippen molar-refractivity contribution in [3.05, 3.63) is 23.9 Å². The van der Waals surface area contributed by atoms with E-state index in [1.165, 1.54) is 12.0 Å². The second-order valence-corrected chi connectivity index (χ2v) is 4.59. The minimum Gasteiger partial charge on any atom is -0.370 e. The van der Waals surface area contributed by atoms with Crippen LogP contribution in [0.3, 0.4) is 0 Å².